The van der Waals surface area contributed by atoms with Gasteiger partial charge in [-0.3, -0.25) is 13.9 Å². The zero-order valence-corrected chi connectivity index (χ0v) is 15.7. The van der Waals surface area contributed by atoms with Crippen molar-refractivity contribution < 1.29 is 9.13 Å². The third kappa shape index (κ3) is 3.38. The van der Waals surface area contributed by atoms with Crippen molar-refractivity contribution in [2.24, 2.45) is 7.05 Å². The lowest BCUT2D eigenvalue weighted by atomic mass is 10.2. The van der Waals surface area contributed by atoms with Gasteiger partial charge in [-0.2, -0.15) is 0 Å². The maximum atomic E-state index is 13.5. The molecule has 0 N–H and O–H groups in total. The van der Waals surface area contributed by atoms with E-state index in [2.05, 4.69) is 15.2 Å². The minimum Gasteiger partial charge on any atom is -0.497 e. The van der Waals surface area contributed by atoms with Crippen molar-refractivity contribution in [3.8, 4) is 17.1 Å². The normalized spacial score (nSPS) is 11.0. The molecule has 0 saturated heterocycles. The number of ether oxygens (including phenoxy) is 1. The van der Waals surface area contributed by atoms with Crippen molar-refractivity contribution in [2.45, 2.75) is 6.54 Å². The Labute approximate surface area is 163 Å². The summed E-state index contributed by atoms with van der Waals surface area (Å²) in [7, 11) is 2.92. The molecule has 2 aromatic carbocycles. The van der Waals surface area contributed by atoms with Gasteiger partial charge in [0.2, 0.25) is 0 Å². The average molecular weight is 393 g/mol. The highest BCUT2D eigenvalue weighted by atomic mass is 19.1. The predicted octanol–water partition coefficient (Wildman–Crippen LogP) is 1.75. The smallest absolute Gasteiger partial charge is 0.332 e. The molecule has 0 bridgehead atoms. The van der Waals surface area contributed by atoms with Gasteiger partial charge in [0, 0.05) is 12.6 Å². The Morgan fingerprint density at radius 1 is 1.07 bits per heavy atom. The van der Waals surface area contributed by atoms with E-state index in [9.17, 15) is 14.0 Å². The zero-order valence-electron chi connectivity index (χ0n) is 15.7. The molecule has 9 heteroatoms. The molecule has 0 atom stereocenters. The van der Waals surface area contributed by atoms with E-state index >= 15 is 0 Å². The molecule has 0 aliphatic carbocycles. The maximum Gasteiger partial charge on any atom is 0.332 e. The Morgan fingerprint density at radius 3 is 2.52 bits per heavy atom. The molecule has 146 valence electrons. The summed E-state index contributed by atoms with van der Waals surface area (Å²) in [4.78, 5) is 29.6. The summed E-state index contributed by atoms with van der Waals surface area (Å²) in [5.41, 5.74) is 0.0763. The van der Waals surface area contributed by atoms with E-state index in [-0.39, 0.29) is 23.5 Å². The van der Waals surface area contributed by atoms with Gasteiger partial charge in [0.1, 0.15) is 11.6 Å². The van der Waals surface area contributed by atoms with Crippen LogP contribution in [-0.4, -0.2) is 31.4 Å². The van der Waals surface area contributed by atoms with Crippen LogP contribution in [0.15, 0.2) is 58.1 Å². The third-order valence-electron chi connectivity index (χ3n) is 4.53. The molecule has 8 nitrogen and oxygen atoms in total. The van der Waals surface area contributed by atoms with Crippen molar-refractivity contribution in [1.82, 2.24) is 24.3 Å². The minimum absolute atomic E-state index is 0.00400. The SMILES string of the molecule is COc1ccc(-c2nnc3c(n2)c(=O)n(C)c(=O)n3Cc2cccc(F)c2)cc1. The van der Waals surface area contributed by atoms with Crippen LogP contribution >= 0.6 is 0 Å². The van der Waals surface area contributed by atoms with Gasteiger partial charge in [-0.05, 0) is 42.0 Å². The molecule has 0 spiro atoms. The highest BCUT2D eigenvalue weighted by molar-refractivity contribution is 5.71. The lowest BCUT2D eigenvalue weighted by Gasteiger charge is -2.11. The Balaban J connectivity index is 1.88. The van der Waals surface area contributed by atoms with Crippen LogP contribution in [0.4, 0.5) is 4.39 Å². The lowest BCUT2D eigenvalue weighted by molar-refractivity contribution is 0.415. The number of methoxy groups -OCH3 is 1. The van der Waals surface area contributed by atoms with E-state index in [0.29, 0.717) is 16.9 Å². The number of benzene rings is 2. The average Bonchev–Trinajstić information content (AvgIpc) is 2.75. The molecule has 4 aromatic rings. The fourth-order valence-electron chi connectivity index (χ4n) is 2.99. The number of nitrogens with zero attached hydrogens (tertiary/aromatic N) is 5. The van der Waals surface area contributed by atoms with E-state index in [4.69, 9.17) is 4.74 Å². The summed E-state index contributed by atoms with van der Waals surface area (Å²) in [6, 6.07) is 12.8. The molecule has 0 saturated carbocycles. The van der Waals surface area contributed by atoms with Crippen LogP contribution in [-0.2, 0) is 13.6 Å². The van der Waals surface area contributed by atoms with Crippen LogP contribution < -0.4 is 16.0 Å². The first-order valence-corrected chi connectivity index (χ1v) is 8.71. The van der Waals surface area contributed by atoms with Crippen molar-refractivity contribution in [2.75, 3.05) is 7.11 Å². The summed E-state index contributed by atoms with van der Waals surface area (Å²) < 4.78 is 20.9. The maximum absolute atomic E-state index is 13.5. The number of fused-ring (bicyclic) bond motifs is 1. The van der Waals surface area contributed by atoms with Crippen molar-refractivity contribution >= 4 is 11.2 Å². The standard InChI is InChI=1S/C20H16FN5O3/c1-25-19(27)16-18(26(20(25)28)11-12-4-3-5-14(21)10-12)24-23-17(22-16)13-6-8-15(29-2)9-7-13/h3-10H,11H2,1-2H3. The molecule has 0 aliphatic rings. The van der Waals surface area contributed by atoms with Crippen LogP contribution in [0.2, 0.25) is 0 Å². The number of hydrogen-bond acceptors (Lipinski definition) is 6. The van der Waals surface area contributed by atoms with E-state index in [0.717, 1.165) is 4.57 Å². The molecule has 29 heavy (non-hydrogen) atoms. The monoisotopic (exact) mass is 393 g/mol. The largest absolute Gasteiger partial charge is 0.497 e. The van der Waals surface area contributed by atoms with E-state index in [1.54, 1.807) is 43.5 Å². The molecule has 2 aromatic heterocycles. The first kappa shape index (κ1) is 18.5. The number of rotatable bonds is 4. The highest BCUT2D eigenvalue weighted by Gasteiger charge is 2.16. The predicted molar refractivity (Wildman–Crippen MR) is 104 cm³/mol. The van der Waals surface area contributed by atoms with Crippen LogP contribution in [0, 0.1) is 5.82 Å². The lowest BCUT2D eigenvalue weighted by Crippen LogP contribution is -2.39. The Hall–Kier alpha value is -3.88. The minimum atomic E-state index is -0.583. The fourth-order valence-corrected chi connectivity index (χ4v) is 2.99. The molecule has 4 rings (SSSR count). The number of halogens is 1. The van der Waals surface area contributed by atoms with Gasteiger partial charge in [0.25, 0.3) is 5.56 Å². The first-order valence-electron chi connectivity index (χ1n) is 8.71. The van der Waals surface area contributed by atoms with Crippen LogP contribution in [0.1, 0.15) is 5.56 Å². The molecule has 0 aliphatic heterocycles. The van der Waals surface area contributed by atoms with Gasteiger partial charge >= 0.3 is 5.69 Å². The summed E-state index contributed by atoms with van der Waals surface area (Å²) in [5, 5.41) is 8.17. The van der Waals surface area contributed by atoms with E-state index in [1.807, 2.05) is 0 Å². The van der Waals surface area contributed by atoms with Gasteiger partial charge in [-0.25, -0.2) is 14.2 Å². The zero-order chi connectivity index (χ0) is 20.5. The van der Waals surface area contributed by atoms with Crippen molar-refractivity contribution in [1.29, 1.82) is 0 Å². The molecule has 0 fully saturated rings. The second-order valence-electron chi connectivity index (χ2n) is 6.40. The topological polar surface area (TPSA) is 91.9 Å². The quantitative estimate of drug-likeness (QED) is 0.525. The fraction of sp³-hybridized carbons (Fsp3) is 0.150. The van der Waals surface area contributed by atoms with Crippen molar-refractivity contribution in [3.63, 3.8) is 0 Å². The second-order valence-corrected chi connectivity index (χ2v) is 6.40. The third-order valence-corrected chi connectivity index (χ3v) is 4.53. The molecule has 2 heterocycles. The Bertz CT molecular complexity index is 1330. The van der Waals surface area contributed by atoms with Gasteiger partial charge in [-0.15, -0.1) is 10.2 Å². The van der Waals surface area contributed by atoms with Gasteiger partial charge in [0.15, 0.2) is 17.0 Å². The van der Waals surface area contributed by atoms with Crippen LogP contribution in [0.5, 0.6) is 5.75 Å². The summed E-state index contributed by atoms with van der Waals surface area (Å²) in [5.74, 6) is 0.492. The van der Waals surface area contributed by atoms with Crippen molar-refractivity contribution in [3.05, 3.63) is 80.7 Å². The highest BCUT2D eigenvalue weighted by Crippen LogP contribution is 2.19. The van der Waals surface area contributed by atoms with E-state index < -0.39 is 17.1 Å². The summed E-state index contributed by atoms with van der Waals surface area (Å²) >= 11 is 0. The summed E-state index contributed by atoms with van der Waals surface area (Å²) in [6.45, 7) is 0.0272. The number of hydrogen-bond donors (Lipinski definition) is 0. The van der Waals surface area contributed by atoms with E-state index in [1.165, 1.54) is 23.7 Å². The number of aromatic nitrogens is 5. The molecule has 0 unspecified atom stereocenters. The Kier molecular flexibility index (Phi) is 4.63. The first-order chi connectivity index (χ1) is 14.0. The Morgan fingerprint density at radius 2 is 1.83 bits per heavy atom. The van der Waals surface area contributed by atoms with Crippen LogP contribution in [0.25, 0.3) is 22.6 Å². The molecular weight excluding hydrogens is 377 g/mol. The second kappa shape index (κ2) is 7.27. The van der Waals surface area contributed by atoms with Gasteiger partial charge in [0.05, 0.1) is 13.7 Å². The molecular formula is C20H16FN5O3. The molecule has 0 amide bonds. The van der Waals surface area contributed by atoms with Crippen LogP contribution in [0.3, 0.4) is 0 Å². The van der Waals surface area contributed by atoms with Gasteiger partial charge < -0.3 is 4.74 Å². The molecule has 0 radical (unpaired) electrons. The van der Waals surface area contributed by atoms with Gasteiger partial charge in [-0.1, -0.05) is 12.1 Å². The summed E-state index contributed by atoms with van der Waals surface area (Å²) in [6.07, 6.45) is 0.